The largest absolute Gasteiger partial charge is 0.350 e. The highest BCUT2D eigenvalue weighted by Crippen LogP contribution is 2.24. The molecule has 0 atom stereocenters. The van der Waals surface area contributed by atoms with Crippen LogP contribution in [0.1, 0.15) is 29.0 Å². The molecule has 1 amide bonds. The summed E-state index contributed by atoms with van der Waals surface area (Å²) < 4.78 is 0. The SMILES string of the molecule is O=C(NCCc1csc(N2CCCC2)n1)c1cc(Cl)ccn1. The number of hydrogen-bond donors (Lipinski definition) is 1. The highest BCUT2D eigenvalue weighted by molar-refractivity contribution is 7.13. The number of thiazole rings is 1. The zero-order valence-corrected chi connectivity index (χ0v) is 13.7. The Hall–Kier alpha value is -1.66. The molecule has 7 heteroatoms. The average molecular weight is 337 g/mol. The monoisotopic (exact) mass is 336 g/mol. The van der Waals surface area contributed by atoms with Gasteiger partial charge in [0.1, 0.15) is 5.69 Å². The molecule has 3 heterocycles. The summed E-state index contributed by atoms with van der Waals surface area (Å²) in [5.41, 5.74) is 1.36. The van der Waals surface area contributed by atoms with Gasteiger partial charge in [0.15, 0.2) is 5.13 Å². The van der Waals surface area contributed by atoms with E-state index in [0.717, 1.165) is 30.3 Å². The smallest absolute Gasteiger partial charge is 0.269 e. The number of pyridine rings is 1. The number of hydrogen-bond acceptors (Lipinski definition) is 5. The molecule has 0 aromatic carbocycles. The second-order valence-electron chi connectivity index (χ2n) is 5.18. The highest BCUT2D eigenvalue weighted by atomic mass is 35.5. The lowest BCUT2D eigenvalue weighted by atomic mass is 10.3. The molecule has 0 saturated carbocycles. The molecular formula is C15H17ClN4OS. The van der Waals surface area contributed by atoms with Gasteiger partial charge in [0.05, 0.1) is 5.69 Å². The van der Waals surface area contributed by atoms with Crippen LogP contribution in [0.5, 0.6) is 0 Å². The van der Waals surface area contributed by atoms with Crippen LogP contribution in [0.4, 0.5) is 5.13 Å². The van der Waals surface area contributed by atoms with E-state index in [2.05, 4.69) is 25.6 Å². The first-order valence-corrected chi connectivity index (χ1v) is 8.57. The number of nitrogens with zero attached hydrogens (tertiary/aromatic N) is 3. The lowest BCUT2D eigenvalue weighted by Gasteiger charge is -2.12. The van der Waals surface area contributed by atoms with E-state index in [9.17, 15) is 4.79 Å². The molecule has 5 nitrogen and oxygen atoms in total. The van der Waals surface area contributed by atoms with Crippen LogP contribution in [0.2, 0.25) is 5.02 Å². The summed E-state index contributed by atoms with van der Waals surface area (Å²) in [5.74, 6) is -0.211. The summed E-state index contributed by atoms with van der Waals surface area (Å²) in [6, 6.07) is 3.21. The van der Waals surface area contributed by atoms with E-state index in [1.807, 2.05) is 0 Å². The van der Waals surface area contributed by atoms with Crippen LogP contribution in [0, 0.1) is 0 Å². The number of rotatable bonds is 5. The van der Waals surface area contributed by atoms with Crippen LogP contribution in [-0.2, 0) is 6.42 Å². The van der Waals surface area contributed by atoms with Gasteiger partial charge in [-0.05, 0) is 25.0 Å². The lowest BCUT2D eigenvalue weighted by Crippen LogP contribution is -2.26. The molecule has 2 aromatic heterocycles. The van der Waals surface area contributed by atoms with E-state index < -0.39 is 0 Å². The van der Waals surface area contributed by atoms with E-state index in [1.54, 1.807) is 23.5 Å². The minimum absolute atomic E-state index is 0.211. The van der Waals surface area contributed by atoms with Crippen LogP contribution in [0.3, 0.4) is 0 Å². The molecule has 0 radical (unpaired) electrons. The van der Waals surface area contributed by atoms with E-state index in [4.69, 9.17) is 11.6 Å². The van der Waals surface area contributed by atoms with Crippen LogP contribution in [0.15, 0.2) is 23.7 Å². The van der Waals surface area contributed by atoms with E-state index in [-0.39, 0.29) is 5.91 Å². The van der Waals surface area contributed by atoms with Gasteiger partial charge < -0.3 is 10.2 Å². The predicted molar refractivity (Wildman–Crippen MR) is 88.8 cm³/mol. The Kier molecular flexibility index (Phi) is 4.90. The van der Waals surface area contributed by atoms with Crippen molar-refractivity contribution >= 4 is 34.0 Å². The fourth-order valence-electron chi connectivity index (χ4n) is 2.39. The van der Waals surface area contributed by atoms with Gasteiger partial charge in [0, 0.05) is 42.7 Å². The van der Waals surface area contributed by atoms with Crippen molar-refractivity contribution in [2.75, 3.05) is 24.5 Å². The fraction of sp³-hybridized carbons (Fsp3) is 0.400. The topological polar surface area (TPSA) is 58.1 Å². The molecule has 2 aromatic rings. The molecule has 1 saturated heterocycles. The van der Waals surface area contributed by atoms with Crippen molar-refractivity contribution in [1.29, 1.82) is 0 Å². The second kappa shape index (κ2) is 7.07. The normalized spacial score (nSPS) is 14.3. The van der Waals surface area contributed by atoms with E-state index >= 15 is 0 Å². The molecule has 1 aliphatic rings. The zero-order valence-electron chi connectivity index (χ0n) is 12.1. The van der Waals surface area contributed by atoms with Gasteiger partial charge in [0.25, 0.3) is 5.91 Å². The van der Waals surface area contributed by atoms with Crippen molar-refractivity contribution in [2.24, 2.45) is 0 Å². The van der Waals surface area contributed by atoms with E-state index in [1.165, 1.54) is 19.0 Å². The molecule has 22 heavy (non-hydrogen) atoms. The van der Waals surface area contributed by atoms with Gasteiger partial charge in [-0.15, -0.1) is 11.3 Å². The van der Waals surface area contributed by atoms with Gasteiger partial charge >= 0.3 is 0 Å². The van der Waals surface area contributed by atoms with Crippen molar-refractivity contribution < 1.29 is 4.79 Å². The number of nitrogens with one attached hydrogen (secondary N) is 1. The number of aromatic nitrogens is 2. The van der Waals surface area contributed by atoms with Crippen molar-refractivity contribution in [3.63, 3.8) is 0 Å². The molecule has 0 aliphatic carbocycles. The number of halogens is 1. The molecule has 3 rings (SSSR count). The molecule has 1 fully saturated rings. The summed E-state index contributed by atoms with van der Waals surface area (Å²) in [4.78, 5) is 22.9. The molecule has 1 aliphatic heterocycles. The third-order valence-corrected chi connectivity index (χ3v) is 4.72. The highest BCUT2D eigenvalue weighted by Gasteiger charge is 2.15. The third kappa shape index (κ3) is 3.75. The van der Waals surface area contributed by atoms with Crippen molar-refractivity contribution in [2.45, 2.75) is 19.3 Å². The van der Waals surface area contributed by atoms with Gasteiger partial charge in [-0.1, -0.05) is 11.6 Å². The van der Waals surface area contributed by atoms with Gasteiger partial charge in [-0.25, -0.2) is 4.98 Å². The minimum atomic E-state index is -0.211. The number of anilines is 1. The van der Waals surface area contributed by atoms with Crippen LogP contribution in [-0.4, -0.2) is 35.5 Å². The summed E-state index contributed by atoms with van der Waals surface area (Å²) in [5, 5.41) is 6.51. The Labute approximate surface area is 138 Å². The number of carbonyl (C=O) groups excluding carboxylic acids is 1. The fourth-order valence-corrected chi connectivity index (χ4v) is 3.46. The second-order valence-corrected chi connectivity index (χ2v) is 6.45. The van der Waals surface area contributed by atoms with Crippen molar-refractivity contribution in [3.8, 4) is 0 Å². The molecule has 0 bridgehead atoms. The Bertz CT molecular complexity index is 654. The van der Waals surface area contributed by atoms with Crippen LogP contribution in [0.25, 0.3) is 0 Å². The maximum Gasteiger partial charge on any atom is 0.269 e. The lowest BCUT2D eigenvalue weighted by molar-refractivity contribution is 0.0949. The van der Waals surface area contributed by atoms with Crippen molar-refractivity contribution in [1.82, 2.24) is 15.3 Å². The average Bonchev–Trinajstić information content (AvgIpc) is 3.18. The summed E-state index contributed by atoms with van der Waals surface area (Å²) in [6.45, 7) is 2.74. The minimum Gasteiger partial charge on any atom is -0.350 e. The van der Waals surface area contributed by atoms with Crippen LogP contribution >= 0.6 is 22.9 Å². The molecule has 116 valence electrons. The zero-order chi connectivity index (χ0) is 15.4. The first-order valence-electron chi connectivity index (χ1n) is 7.31. The van der Waals surface area contributed by atoms with E-state index in [0.29, 0.717) is 17.3 Å². The Morgan fingerprint density at radius 1 is 1.41 bits per heavy atom. The molecule has 1 N–H and O–H groups in total. The molecule has 0 unspecified atom stereocenters. The molecular weight excluding hydrogens is 320 g/mol. The predicted octanol–water partition coefficient (Wildman–Crippen LogP) is 2.76. The maximum atomic E-state index is 11.9. The van der Waals surface area contributed by atoms with Crippen LogP contribution < -0.4 is 10.2 Å². The Morgan fingerprint density at radius 3 is 3.00 bits per heavy atom. The Morgan fingerprint density at radius 2 is 2.23 bits per heavy atom. The Balaban J connectivity index is 1.49. The maximum absolute atomic E-state index is 11.9. The summed E-state index contributed by atoms with van der Waals surface area (Å²) in [6.07, 6.45) is 4.74. The number of carbonyl (C=O) groups is 1. The van der Waals surface area contributed by atoms with Crippen molar-refractivity contribution in [3.05, 3.63) is 40.1 Å². The summed E-state index contributed by atoms with van der Waals surface area (Å²) in [7, 11) is 0. The third-order valence-electron chi connectivity index (χ3n) is 3.54. The summed E-state index contributed by atoms with van der Waals surface area (Å²) >= 11 is 7.53. The number of amides is 1. The molecule has 0 spiro atoms. The first-order chi connectivity index (χ1) is 10.7. The standard InChI is InChI=1S/C15H17ClN4OS/c16-11-3-5-17-13(9-11)14(21)18-6-4-12-10-22-15(19-12)20-7-1-2-8-20/h3,5,9-10H,1-2,4,6-8H2,(H,18,21). The van der Waals surface area contributed by atoms with Gasteiger partial charge in [0.2, 0.25) is 0 Å². The van der Waals surface area contributed by atoms with Gasteiger partial charge in [-0.3, -0.25) is 9.78 Å². The van der Waals surface area contributed by atoms with Gasteiger partial charge in [-0.2, -0.15) is 0 Å². The first kappa shape index (κ1) is 15.2. The quantitative estimate of drug-likeness (QED) is 0.912.